The van der Waals surface area contributed by atoms with Crippen LogP contribution in [0.25, 0.3) is 20.9 Å². The molecule has 150 valence electrons. The second kappa shape index (κ2) is 25.5. The Balaban J connectivity index is -0.00000312. The molecule has 0 saturated heterocycles. The van der Waals surface area contributed by atoms with Crippen LogP contribution >= 0.6 is 43.2 Å². The molecular formula is C10H18N6Na2O4S6. The van der Waals surface area contributed by atoms with E-state index in [4.69, 9.17) is 11.1 Å². The van der Waals surface area contributed by atoms with Crippen LogP contribution in [0.4, 0.5) is 0 Å². The summed E-state index contributed by atoms with van der Waals surface area (Å²) in [6.07, 6.45) is 1.03. The third kappa shape index (κ3) is 24.5. The van der Waals surface area contributed by atoms with Crippen molar-refractivity contribution in [2.24, 2.45) is 10.2 Å². The Kier molecular flexibility index (Phi) is 31.7. The van der Waals surface area contributed by atoms with Crippen LogP contribution in [0.3, 0.4) is 0 Å². The summed E-state index contributed by atoms with van der Waals surface area (Å²) >= 11 is -4.43. The maximum atomic E-state index is 10.6. The average molecular weight is 525 g/mol. The van der Waals surface area contributed by atoms with Crippen LogP contribution < -0.4 is 59.1 Å². The molecule has 0 aliphatic rings. The molecule has 18 heteroatoms. The van der Waals surface area contributed by atoms with Crippen molar-refractivity contribution in [1.82, 2.24) is 0 Å². The summed E-state index contributed by atoms with van der Waals surface area (Å²) in [5.41, 5.74) is 16.8. The molecule has 0 fully saturated rings. The number of hydrogen-bond donors (Lipinski definition) is 0. The fourth-order valence-electron chi connectivity index (χ4n) is 1.48. The number of hydrogen-bond acceptors (Lipinski definition) is 10. The van der Waals surface area contributed by atoms with Gasteiger partial charge >= 0.3 is 59.1 Å². The van der Waals surface area contributed by atoms with Crippen LogP contribution in [0.15, 0.2) is 10.2 Å². The van der Waals surface area contributed by atoms with Gasteiger partial charge in [-0.25, -0.2) is 0 Å². The van der Waals surface area contributed by atoms with E-state index in [0.29, 0.717) is 24.3 Å². The van der Waals surface area contributed by atoms with Crippen molar-refractivity contribution in [1.29, 1.82) is 0 Å². The topological polar surface area (TPSA) is 178 Å². The van der Waals surface area contributed by atoms with Crippen molar-refractivity contribution in [3.8, 4) is 0 Å². The van der Waals surface area contributed by atoms with E-state index < -0.39 is 34.2 Å². The Morgan fingerprint density at radius 2 is 1.07 bits per heavy atom. The van der Waals surface area contributed by atoms with E-state index in [1.807, 2.05) is 0 Å². The van der Waals surface area contributed by atoms with E-state index in [1.54, 1.807) is 43.2 Å². The Morgan fingerprint density at radius 3 is 1.36 bits per heavy atom. The molecule has 0 aromatic rings. The van der Waals surface area contributed by atoms with Crippen LogP contribution in [-0.4, -0.2) is 64.1 Å². The Morgan fingerprint density at radius 1 is 0.750 bits per heavy atom. The first-order valence-electron chi connectivity index (χ1n) is 7.18. The van der Waals surface area contributed by atoms with Gasteiger partial charge in [0, 0.05) is 56.4 Å². The molecule has 0 bridgehead atoms. The average Bonchev–Trinajstić information content (AvgIpc) is 2.55. The molecule has 0 rings (SSSR count). The molecule has 0 radical (unpaired) electrons. The van der Waals surface area contributed by atoms with E-state index in [0.717, 1.165) is 11.5 Å². The Hall–Kier alpha value is 2.24. The molecule has 4 atom stereocenters. The van der Waals surface area contributed by atoms with Crippen LogP contribution in [0, 0.1) is 0 Å². The third-order valence-electron chi connectivity index (χ3n) is 2.57. The molecule has 0 amide bonds. The zero-order chi connectivity index (χ0) is 19.6. The predicted molar refractivity (Wildman–Crippen MR) is 113 cm³/mol. The SMILES string of the molecule is [N-]=[N+]=N[C@@H](CCSSCCSSCC[C@@H](CS(=O)[O-])N=[N+]=[N-])CS(=O)[O-].[Na+].[Na+]. The summed E-state index contributed by atoms with van der Waals surface area (Å²) in [5, 5.41) is 6.93. The summed E-state index contributed by atoms with van der Waals surface area (Å²) in [4.78, 5) is 5.31. The van der Waals surface area contributed by atoms with Gasteiger partial charge in [0.05, 0.1) is 0 Å². The van der Waals surface area contributed by atoms with Crippen molar-refractivity contribution in [2.75, 3.05) is 34.5 Å². The van der Waals surface area contributed by atoms with Crippen LogP contribution in [-0.2, 0) is 22.2 Å². The maximum Gasteiger partial charge on any atom is 1.00 e. The second-order valence-electron chi connectivity index (χ2n) is 4.52. The van der Waals surface area contributed by atoms with Gasteiger partial charge in [-0.15, -0.1) is 0 Å². The van der Waals surface area contributed by atoms with Gasteiger partial charge in [0.2, 0.25) is 0 Å². The summed E-state index contributed by atoms with van der Waals surface area (Å²) in [6.45, 7) is 0. The zero-order valence-corrected chi connectivity index (χ0v) is 24.5. The number of azide groups is 2. The first kappa shape index (κ1) is 34.8. The number of nitrogens with zero attached hydrogens (tertiary/aromatic N) is 6. The molecule has 0 aromatic heterocycles. The molecule has 28 heavy (non-hydrogen) atoms. The van der Waals surface area contributed by atoms with E-state index in [-0.39, 0.29) is 70.6 Å². The van der Waals surface area contributed by atoms with E-state index in [1.165, 1.54) is 0 Å². The minimum atomic E-state index is -2.22. The fourth-order valence-corrected chi connectivity index (χ4v) is 7.54. The smallest absolute Gasteiger partial charge is 0.772 e. The fraction of sp³-hybridized carbons (Fsp3) is 1.00. The van der Waals surface area contributed by atoms with Crippen molar-refractivity contribution >= 4 is 65.3 Å². The molecule has 10 nitrogen and oxygen atoms in total. The zero-order valence-electron chi connectivity index (χ0n) is 15.6. The summed E-state index contributed by atoms with van der Waals surface area (Å²) in [7, 11) is 6.52. The molecule has 0 heterocycles. The first-order valence-corrected chi connectivity index (χ1v) is 14.6. The Bertz CT molecular complexity index is 495. The molecule has 0 aliphatic heterocycles. The minimum absolute atomic E-state index is 0. The van der Waals surface area contributed by atoms with Gasteiger partial charge in [-0.2, -0.15) is 0 Å². The number of rotatable bonds is 17. The van der Waals surface area contributed by atoms with Gasteiger partial charge < -0.3 is 9.11 Å². The Labute approximate surface area is 229 Å². The molecular weight excluding hydrogens is 507 g/mol. The molecule has 0 spiro atoms. The first-order chi connectivity index (χ1) is 12.5. The van der Waals surface area contributed by atoms with E-state index in [2.05, 4.69) is 20.1 Å². The van der Waals surface area contributed by atoms with Gasteiger partial charge in [-0.1, -0.05) is 75.6 Å². The van der Waals surface area contributed by atoms with Crippen LogP contribution in [0.2, 0.25) is 0 Å². The van der Waals surface area contributed by atoms with Crippen molar-refractivity contribution in [3.05, 3.63) is 20.9 Å². The van der Waals surface area contributed by atoms with Gasteiger partial charge in [0.15, 0.2) is 0 Å². The minimum Gasteiger partial charge on any atom is -0.772 e. The summed E-state index contributed by atoms with van der Waals surface area (Å²) < 4.78 is 42.5. The molecule has 0 aromatic carbocycles. The summed E-state index contributed by atoms with van der Waals surface area (Å²) in [6, 6.07) is -1.05. The molecule has 0 N–H and O–H groups in total. The van der Waals surface area contributed by atoms with Crippen molar-refractivity contribution in [2.45, 2.75) is 24.9 Å². The van der Waals surface area contributed by atoms with Crippen LogP contribution in [0.5, 0.6) is 0 Å². The predicted octanol–water partition coefficient (Wildman–Crippen LogP) is -2.35. The molecule has 0 saturated carbocycles. The largest absolute Gasteiger partial charge is 1.00 e. The van der Waals surface area contributed by atoms with Crippen LogP contribution in [0.1, 0.15) is 12.8 Å². The maximum absolute atomic E-state index is 10.6. The standard InChI is InChI=1S/C10H20N6O4S6.2Na/c11-15-13-9(7-25(17)18)1-3-21-23-5-6-24-22-4-2-10(14-16-12)8-26(19)20;;/h9-10H,1-8H2,(H,17,18)(H,19,20);;/q;2*+1/p-2/t9-,10-;;/m0../s1. The molecule has 0 aliphatic carbocycles. The normalized spacial score (nSPS) is 14.2. The van der Waals surface area contributed by atoms with Gasteiger partial charge in [-0.05, 0) is 23.9 Å². The third-order valence-corrected chi connectivity index (χ3v) is 9.02. The van der Waals surface area contributed by atoms with Gasteiger partial charge in [-0.3, -0.25) is 8.42 Å². The summed E-state index contributed by atoms with van der Waals surface area (Å²) in [5.74, 6) is 2.88. The quantitative estimate of drug-likeness (QED) is 0.0386. The molecule has 2 unspecified atom stereocenters. The van der Waals surface area contributed by atoms with Gasteiger partial charge in [0.1, 0.15) is 0 Å². The van der Waals surface area contributed by atoms with Crippen molar-refractivity contribution < 1.29 is 76.6 Å². The van der Waals surface area contributed by atoms with E-state index in [9.17, 15) is 17.5 Å². The second-order valence-corrected chi connectivity index (χ2v) is 11.8. The van der Waals surface area contributed by atoms with Gasteiger partial charge in [0.25, 0.3) is 0 Å². The van der Waals surface area contributed by atoms with E-state index >= 15 is 0 Å². The monoisotopic (exact) mass is 524 g/mol. The van der Waals surface area contributed by atoms with Crippen molar-refractivity contribution in [3.63, 3.8) is 0 Å².